The highest BCUT2D eigenvalue weighted by molar-refractivity contribution is 8.00. The second kappa shape index (κ2) is 9.80. The molecule has 1 fully saturated rings. The van der Waals surface area contributed by atoms with Crippen molar-refractivity contribution in [1.29, 1.82) is 5.26 Å². The number of carbonyl (C=O) groups excluding carboxylic acids is 1. The molecule has 0 unspecified atom stereocenters. The van der Waals surface area contributed by atoms with Gasteiger partial charge in [-0.1, -0.05) is 48.8 Å². The number of hydrogen-bond acceptors (Lipinski definition) is 5. The van der Waals surface area contributed by atoms with Crippen LogP contribution in [0.2, 0.25) is 10.0 Å². The van der Waals surface area contributed by atoms with Crippen molar-refractivity contribution in [2.45, 2.75) is 28.5 Å². The van der Waals surface area contributed by atoms with Crippen LogP contribution in [0.3, 0.4) is 0 Å². The summed E-state index contributed by atoms with van der Waals surface area (Å²) in [5.74, 6) is -0.124. The van der Waals surface area contributed by atoms with Crippen LogP contribution < -0.4 is 0 Å². The fourth-order valence-electron chi connectivity index (χ4n) is 3.23. The lowest BCUT2D eigenvalue weighted by Gasteiger charge is -2.35. The van der Waals surface area contributed by atoms with Crippen LogP contribution in [0.1, 0.15) is 19.4 Å². The molecule has 1 heterocycles. The van der Waals surface area contributed by atoms with Crippen LogP contribution in [0, 0.1) is 17.2 Å². The Kier molecular flexibility index (Phi) is 7.55. The van der Waals surface area contributed by atoms with Crippen molar-refractivity contribution in [3.05, 3.63) is 52.0 Å². The molecular formula is C21H21Cl2N3O3S2. The summed E-state index contributed by atoms with van der Waals surface area (Å²) in [6, 6.07) is 11.6. The van der Waals surface area contributed by atoms with E-state index in [-0.39, 0.29) is 35.4 Å². The van der Waals surface area contributed by atoms with Crippen molar-refractivity contribution < 1.29 is 13.2 Å². The molecule has 1 amide bonds. The zero-order chi connectivity index (χ0) is 22.8. The van der Waals surface area contributed by atoms with Gasteiger partial charge in [-0.15, -0.1) is 0 Å². The summed E-state index contributed by atoms with van der Waals surface area (Å²) in [5.41, 5.74) is 0.251. The van der Waals surface area contributed by atoms with Crippen LogP contribution in [0.4, 0.5) is 0 Å². The summed E-state index contributed by atoms with van der Waals surface area (Å²) in [4.78, 5) is 15.1. The molecule has 2 aromatic carbocycles. The molecule has 1 saturated heterocycles. The summed E-state index contributed by atoms with van der Waals surface area (Å²) in [6.45, 7) is 4.71. The average molecular weight is 498 g/mol. The Balaban J connectivity index is 1.91. The number of sulfonamides is 1. The Morgan fingerprint density at radius 1 is 1.06 bits per heavy atom. The quantitative estimate of drug-likeness (QED) is 0.606. The predicted octanol–water partition coefficient (Wildman–Crippen LogP) is 4.51. The van der Waals surface area contributed by atoms with Gasteiger partial charge in [0.05, 0.1) is 16.5 Å². The summed E-state index contributed by atoms with van der Waals surface area (Å²) in [6.07, 6.45) is 0. The summed E-state index contributed by atoms with van der Waals surface area (Å²) < 4.78 is 28.3. The molecule has 0 aromatic heterocycles. The van der Waals surface area contributed by atoms with Gasteiger partial charge in [-0.2, -0.15) is 9.57 Å². The molecule has 1 aliphatic heterocycles. The van der Waals surface area contributed by atoms with E-state index in [1.165, 1.54) is 22.1 Å². The lowest BCUT2D eigenvalue weighted by Crippen LogP contribution is -2.51. The summed E-state index contributed by atoms with van der Waals surface area (Å²) in [7, 11) is -3.88. The van der Waals surface area contributed by atoms with Gasteiger partial charge in [-0.25, -0.2) is 8.42 Å². The van der Waals surface area contributed by atoms with Crippen molar-refractivity contribution in [3.63, 3.8) is 0 Å². The highest BCUT2D eigenvalue weighted by Crippen LogP contribution is 2.37. The maximum atomic E-state index is 13.5. The molecular weight excluding hydrogens is 477 g/mol. The van der Waals surface area contributed by atoms with Crippen LogP contribution in [0.25, 0.3) is 0 Å². The first kappa shape index (κ1) is 23.9. The molecule has 3 rings (SSSR count). The molecule has 31 heavy (non-hydrogen) atoms. The molecule has 0 saturated carbocycles. The molecule has 1 aliphatic rings. The Bertz CT molecular complexity index is 1120. The van der Waals surface area contributed by atoms with Crippen molar-refractivity contribution >= 4 is 50.9 Å². The van der Waals surface area contributed by atoms with Gasteiger partial charge in [0.15, 0.2) is 0 Å². The van der Waals surface area contributed by atoms with E-state index in [2.05, 4.69) is 0 Å². The topological polar surface area (TPSA) is 81.5 Å². The fourth-order valence-corrected chi connectivity index (χ4v) is 6.77. The first-order valence-corrected chi connectivity index (χ1v) is 12.6. The van der Waals surface area contributed by atoms with Crippen LogP contribution >= 0.6 is 35.0 Å². The minimum absolute atomic E-state index is 0.0117. The molecule has 164 valence electrons. The second-order valence-electron chi connectivity index (χ2n) is 7.36. The van der Waals surface area contributed by atoms with Crippen LogP contribution in [0.15, 0.2) is 51.1 Å². The van der Waals surface area contributed by atoms with Gasteiger partial charge in [-0.3, -0.25) is 4.79 Å². The molecule has 0 atom stereocenters. The zero-order valence-electron chi connectivity index (χ0n) is 17.0. The number of amides is 1. The van der Waals surface area contributed by atoms with Crippen molar-refractivity contribution in [1.82, 2.24) is 9.21 Å². The minimum Gasteiger partial charge on any atom is -0.340 e. The zero-order valence-corrected chi connectivity index (χ0v) is 20.2. The standard InChI is InChI=1S/C21H21Cl2N3O3S2/c1-14(2)21(27)25-5-7-26(8-6-25)31(28,29)20-9-15(13-24)3-4-19(20)30-18-11-16(22)10-17(23)12-18/h3-4,9-12,14H,5-8H2,1-2H3. The van der Waals surface area contributed by atoms with Gasteiger partial charge in [-0.05, 0) is 36.4 Å². The van der Waals surface area contributed by atoms with Gasteiger partial charge in [0.25, 0.3) is 0 Å². The van der Waals surface area contributed by atoms with Crippen molar-refractivity contribution in [2.24, 2.45) is 5.92 Å². The summed E-state index contributed by atoms with van der Waals surface area (Å²) in [5, 5.41) is 10.2. The predicted molar refractivity (Wildman–Crippen MR) is 122 cm³/mol. The molecule has 0 spiro atoms. The van der Waals surface area contributed by atoms with E-state index >= 15 is 0 Å². The number of carbonyl (C=O) groups is 1. The van der Waals surface area contributed by atoms with E-state index in [1.54, 1.807) is 35.2 Å². The minimum atomic E-state index is -3.88. The normalized spacial score (nSPS) is 15.2. The smallest absolute Gasteiger partial charge is 0.244 e. The molecule has 0 aliphatic carbocycles. The number of halogens is 2. The first-order valence-electron chi connectivity index (χ1n) is 9.59. The Morgan fingerprint density at radius 2 is 1.68 bits per heavy atom. The lowest BCUT2D eigenvalue weighted by atomic mass is 10.2. The van der Waals surface area contributed by atoms with Gasteiger partial charge >= 0.3 is 0 Å². The Hall–Kier alpha value is -1.76. The number of benzene rings is 2. The van der Waals surface area contributed by atoms with Crippen molar-refractivity contribution in [3.8, 4) is 6.07 Å². The van der Waals surface area contributed by atoms with E-state index in [1.807, 2.05) is 19.9 Å². The van der Waals surface area contributed by atoms with Gasteiger partial charge in [0, 0.05) is 51.9 Å². The molecule has 6 nitrogen and oxygen atoms in total. The number of rotatable bonds is 5. The third kappa shape index (κ3) is 5.54. The number of nitrogens with zero attached hydrogens (tertiary/aromatic N) is 3. The maximum absolute atomic E-state index is 13.5. The largest absolute Gasteiger partial charge is 0.340 e. The average Bonchev–Trinajstić information content (AvgIpc) is 2.72. The second-order valence-corrected chi connectivity index (χ2v) is 11.3. The molecule has 0 radical (unpaired) electrons. The number of hydrogen-bond donors (Lipinski definition) is 0. The number of piperazine rings is 1. The molecule has 2 aromatic rings. The Labute approximate surface area is 196 Å². The highest BCUT2D eigenvalue weighted by Gasteiger charge is 2.32. The third-order valence-electron chi connectivity index (χ3n) is 4.80. The Morgan fingerprint density at radius 3 is 2.23 bits per heavy atom. The third-order valence-corrected chi connectivity index (χ3v) is 8.35. The van der Waals surface area contributed by atoms with E-state index < -0.39 is 10.0 Å². The number of nitriles is 1. The highest BCUT2D eigenvalue weighted by atomic mass is 35.5. The first-order chi connectivity index (χ1) is 14.6. The van der Waals surface area contributed by atoms with Gasteiger partial charge < -0.3 is 4.90 Å². The van der Waals surface area contributed by atoms with Gasteiger partial charge in [0.2, 0.25) is 15.9 Å². The van der Waals surface area contributed by atoms with Gasteiger partial charge in [0.1, 0.15) is 0 Å². The van der Waals surface area contributed by atoms with E-state index in [9.17, 15) is 18.5 Å². The lowest BCUT2D eigenvalue weighted by molar-refractivity contribution is -0.135. The monoisotopic (exact) mass is 497 g/mol. The van der Waals surface area contributed by atoms with Crippen LogP contribution in [0.5, 0.6) is 0 Å². The molecule has 0 N–H and O–H groups in total. The van der Waals surface area contributed by atoms with E-state index in [0.717, 1.165) is 0 Å². The van der Waals surface area contributed by atoms with Crippen LogP contribution in [-0.4, -0.2) is 49.7 Å². The molecule has 10 heteroatoms. The fraction of sp³-hybridized carbons (Fsp3) is 0.333. The SMILES string of the molecule is CC(C)C(=O)N1CCN(S(=O)(=O)c2cc(C#N)ccc2Sc2cc(Cl)cc(Cl)c2)CC1. The maximum Gasteiger partial charge on any atom is 0.244 e. The van der Waals surface area contributed by atoms with E-state index in [0.29, 0.717) is 32.9 Å². The van der Waals surface area contributed by atoms with Crippen molar-refractivity contribution in [2.75, 3.05) is 26.2 Å². The molecule has 0 bridgehead atoms. The van der Waals surface area contributed by atoms with Crippen LogP contribution in [-0.2, 0) is 14.8 Å². The summed E-state index contributed by atoms with van der Waals surface area (Å²) >= 11 is 13.4. The van der Waals surface area contributed by atoms with E-state index in [4.69, 9.17) is 23.2 Å².